The van der Waals surface area contributed by atoms with Crippen LogP contribution in [0.2, 0.25) is 0 Å². The van der Waals surface area contributed by atoms with E-state index in [4.69, 9.17) is 5.21 Å². The van der Waals surface area contributed by atoms with E-state index in [1.54, 1.807) is 30.3 Å². The second kappa shape index (κ2) is 6.27. The fourth-order valence-electron chi connectivity index (χ4n) is 3.15. The van der Waals surface area contributed by atoms with Crippen molar-refractivity contribution in [3.05, 3.63) is 47.1 Å². The Kier molecular flexibility index (Phi) is 4.46. The molecular formula is C16H16FNO4S2. The smallest absolute Gasteiger partial charge is 0.245 e. The molecule has 8 heteroatoms. The van der Waals surface area contributed by atoms with Gasteiger partial charge in [-0.15, -0.1) is 11.3 Å². The Balaban J connectivity index is 2.08. The van der Waals surface area contributed by atoms with Gasteiger partial charge in [-0.25, -0.2) is 18.3 Å². The van der Waals surface area contributed by atoms with Crippen LogP contribution in [0.4, 0.5) is 4.39 Å². The number of hydrogen-bond donors (Lipinski definition) is 2. The Morgan fingerprint density at radius 1 is 1.29 bits per heavy atom. The number of halogens is 1. The number of thiophene rings is 1. The highest BCUT2D eigenvalue weighted by molar-refractivity contribution is 7.92. The molecule has 2 aromatic rings. The Morgan fingerprint density at radius 3 is 2.67 bits per heavy atom. The molecule has 0 unspecified atom stereocenters. The molecule has 1 amide bonds. The van der Waals surface area contributed by atoms with Gasteiger partial charge >= 0.3 is 0 Å². The first-order chi connectivity index (χ1) is 11.4. The molecule has 0 spiro atoms. The van der Waals surface area contributed by atoms with Crippen molar-refractivity contribution in [3.63, 3.8) is 0 Å². The summed E-state index contributed by atoms with van der Waals surface area (Å²) in [5, 5.41) is 8.81. The molecule has 2 heterocycles. The molecule has 0 aliphatic carbocycles. The SMILES string of the molecule is O=C(C[C@]1(c2ccc(-c3ccccc3F)s2)CCCS1(=O)=O)NO. The van der Waals surface area contributed by atoms with E-state index in [9.17, 15) is 17.6 Å². The number of carbonyl (C=O) groups excluding carboxylic acids is 1. The standard InChI is InChI=1S/C16H16FNO4S2/c17-12-5-2-1-4-11(12)13-6-7-14(23-13)16(10-15(19)18-20)8-3-9-24(16,21)22/h1-2,4-7,20H,3,8-10H2,(H,18,19)/t16-/m0/s1. The Hall–Kier alpha value is -1.77. The second-order valence-corrected chi connectivity index (χ2v) is 9.28. The van der Waals surface area contributed by atoms with Crippen LogP contribution in [0.15, 0.2) is 36.4 Å². The first kappa shape index (κ1) is 17.1. The van der Waals surface area contributed by atoms with Crippen molar-refractivity contribution in [2.75, 3.05) is 5.75 Å². The van der Waals surface area contributed by atoms with Crippen molar-refractivity contribution in [2.24, 2.45) is 0 Å². The largest absolute Gasteiger partial charge is 0.289 e. The molecule has 1 atom stereocenters. The topological polar surface area (TPSA) is 83.5 Å². The van der Waals surface area contributed by atoms with Crippen LogP contribution in [-0.4, -0.2) is 25.3 Å². The van der Waals surface area contributed by atoms with Gasteiger partial charge in [-0.2, -0.15) is 0 Å². The van der Waals surface area contributed by atoms with Crippen molar-refractivity contribution in [2.45, 2.75) is 24.0 Å². The second-order valence-electron chi connectivity index (χ2n) is 5.77. The van der Waals surface area contributed by atoms with Gasteiger partial charge in [0.05, 0.1) is 12.2 Å². The zero-order valence-corrected chi connectivity index (χ0v) is 14.3. The summed E-state index contributed by atoms with van der Waals surface area (Å²) in [5.74, 6) is -1.14. The molecular weight excluding hydrogens is 353 g/mol. The molecule has 2 N–H and O–H groups in total. The summed E-state index contributed by atoms with van der Waals surface area (Å²) in [6, 6.07) is 9.57. The highest BCUT2D eigenvalue weighted by atomic mass is 32.2. The molecule has 1 fully saturated rings. The van der Waals surface area contributed by atoms with Gasteiger partial charge in [0, 0.05) is 15.3 Å². The van der Waals surface area contributed by atoms with Crippen LogP contribution >= 0.6 is 11.3 Å². The van der Waals surface area contributed by atoms with Crippen molar-refractivity contribution in [3.8, 4) is 10.4 Å². The summed E-state index contributed by atoms with van der Waals surface area (Å²) in [7, 11) is -3.54. The zero-order valence-electron chi connectivity index (χ0n) is 12.7. The number of hydroxylamine groups is 1. The monoisotopic (exact) mass is 369 g/mol. The summed E-state index contributed by atoms with van der Waals surface area (Å²) >= 11 is 1.17. The maximum Gasteiger partial charge on any atom is 0.245 e. The molecule has 1 aromatic heterocycles. The third-order valence-corrected chi connectivity index (χ3v) is 8.39. The fourth-order valence-corrected chi connectivity index (χ4v) is 6.89. The lowest BCUT2D eigenvalue weighted by Gasteiger charge is -2.25. The molecule has 1 aliphatic heterocycles. The summed E-state index contributed by atoms with van der Waals surface area (Å²) in [6.45, 7) is 0. The van der Waals surface area contributed by atoms with Crippen LogP contribution in [0.1, 0.15) is 24.1 Å². The summed E-state index contributed by atoms with van der Waals surface area (Å²) in [5.41, 5.74) is 1.91. The number of carbonyl (C=O) groups is 1. The number of amides is 1. The predicted molar refractivity (Wildman–Crippen MR) is 89.0 cm³/mol. The van der Waals surface area contributed by atoms with Crippen molar-refractivity contribution in [1.29, 1.82) is 0 Å². The fraction of sp³-hybridized carbons (Fsp3) is 0.312. The van der Waals surface area contributed by atoms with E-state index < -0.39 is 20.5 Å². The number of sulfone groups is 1. The summed E-state index contributed by atoms with van der Waals surface area (Å²) < 4.78 is 37.9. The van der Waals surface area contributed by atoms with Gasteiger partial charge in [-0.3, -0.25) is 10.0 Å². The van der Waals surface area contributed by atoms with Crippen LogP contribution in [0.3, 0.4) is 0 Å². The van der Waals surface area contributed by atoms with Gasteiger partial charge < -0.3 is 0 Å². The van der Waals surface area contributed by atoms with E-state index >= 15 is 0 Å². The Labute approximate surface area is 143 Å². The van der Waals surface area contributed by atoms with E-state index in [-0.39, 0.29) is 18.0 Å². The third kappa shape index (κ3) is 2.74. The molecule has 0 bridgehead atoms. The van der Waals surface area contributed by atoms with Gasteiger partial charge in [-0.1, -0.05) is 18.2 Å². The van der Waals surface area contributed by atoms with E-state index in [1.807, 2.05) is 0 Å². The average molecular weight is 369 g/mol. The van der Waals surface area contributed by atoms with Crippen LogP contribution in [-0.2, 0) is 19.4 Å². The molecule has 0 radical (unpaired) electrons. The quantitative estimate of drug-likeness (QED) is 0.641. The molecule has 1 aromatic carbocycles. The minimum atomic E-state index is -3.54. The minimum Gasteiger partial charge on any atom is -0.289 e. The molecule has 1 saturated heterocycles. The minimum absolute atomic E-state index is 0.00135. The molecule has 24 heavy (non-hydrogen) atoms. The van der Waals surface area contributed by atoms with E-state index in [0.29, 0.717) is 28.2 Å². The van der Waals surface area contributed by atoms with Gasteiger partial charge in [0.1, 0.15) is 10.6 Å². The number of hydrogen-bond acceptors (Lipinski definition) is 5. The van der Waals surface area contributed by atoms with Gasteiger partial charge in [-0.05, 0) is 31.0 Å². The van der Waals surface area contributed by atoms with E-state index in [0.717, 1.165) is 0 Å². The zero-order chi connectivity index (χ0) is 17.4. The lowest BCUT2D eigenvalue weighted by Crippen LogP contribution is -2.37. The van der Waals surface area contributed by atoms with E-state index in [2.05, 4.69) is 0 Å². The average Bonchev–Trinajstić information content (AvgIpc) is 3.13. The first-order valence-electron chi connectivity index (χ1n) is 7.40. The highest BCUT2D eigenvalue weighted by Gasteiger charge is 2.51. The van der Waals surface area contributed by atoms with Crippen molar-refractivity contribution in [1.82, 2.24) is 5.48 Å². The molecule has 0 saturated carbocycles. The number of rotatable bonds is 4. The van der Waals surface area contributed by atoms with Crippen LogP contribution < -0.4 is 5.48 Å². The van der Waals surface area contributed by atoms with Crippen LogP contribution in [0.25, 0.3) is 10.4 Å². The van der Waals surface area contributed by atoms with Crippen LogP contribution in [0.5, 0.6) is 0 Å². The third-order valence-electron chi connectivity index (χ3n) is 4.35. The lowest BCUT2D eigenvalue weighted by atomic mass is 9.97. The van der Waals surface area contributed by atoms with E-state index in [1.165, 1.54) is 22.9 Å². The predicted octanol–water partition coefficient (Wildman–Crippen LogP) is 2.85. The van der Waals surface area contributed by atoms with Crippen molar-refractivity contribution < 1.29 is 22.8 Å². The maximum atomic E-state index is 14.0. The molecule has 128 valence electrons. The normalized spacial score (nSPS) is 22.4. The highest BCUT2D eigenvalue weighted by Crippen LogP contribution is 2.48. The Bertz CT molecular complexity index is 878. The van der Waals surface area contributed by atoms with Gasteiger partial charge in [0.25, 0.3) is 0 Å². The first-order valence-corrected chi connectivity index (χ1v) is 9.87. The van der Waals surface area contributed by atoms with Gasteiger partial charge in [0.15, 0.2) is 9.84 Å². The lowest BCUT2D eigenvalue weighted by molar-refractivity contribution is -0.129. The molecule has 5 nitrogen and oxygen atoms in total. The summed E-state index contributed by atoms with van der Waals surface area (Å²) in [6.07, 6.45) is 0.414. The molecule has 1 aliphatic rings. The van der Waals surface area contributed by atoms with Gasteiger partial charge in [0.2, 0.25) is 5.91 Å². The number of nitrogens with one attached hydrogen (secondary N) is 1. The number of benzene rings is 1. The Morgan fingerprint density at radius 2 is 2.04 bits per heavy atom. The molecule has 3 rings (SSSR count). The maximum absolute atomic E-state index is 14.0. The van der Waals surface area contributed by atoms with Crippen LogP contribution in [0, 0.1) is 5.82 Å². The van der Waals surface area contributed by atoms with Crippen molar-refractivity contribution >= 4 is 27.1 Å². The summed E-state index contributed by atoms with van der Waals surface area (Å²) in [4.78, 5) is 12.8.